The maximum Gasteiger partial charge on any atom is 0.247 e. The lowest BCUT2D eigenvalue weighted by Crippen LogP contribution is -2.46. The molecule has 0 aromatic heterocycles. The van der Waals surface area contributed by atoms with Crippen molar-refractivity contribution in [3.8, 4) is 11.5 Å². The summed E-state index contributed by atoms with van der Waals surface area (Å²) in [7, 11) is 3.23. The number of carbonyl (C=O) groups excluding carboxylic acids is 1. The monoisotopic (exact) mass is 633 g/mol. The van der Waals surface area contributed by atoms with Crippen LogP contribution >= 0.6 is 0 Å². The van der Waals surface area contributed by atoms with Gasteiger partial charge in [0.05, 0.1) is 20.8 Å². The zero-order valence-electron chi connectivity index (χ0n) is 26.5. The second-order valence-electron chi connectivity index (χ2n) is 12.2. The molecule has 1 saturated carbocycles. The molecule has 2 fully saturated rings. The van der Waals surface area contributed by atoms with Crippen molar-refractivity contribution < 1.29 is 31.8 Å². The molecule has 0 spiro atoms. The van der Waals surface area contributed by atoms with Crippen molar-refractivity contribution in [2.75, 3.05) is 54.6 Å². The number of nitrogens with zero attached hydrogens (tertiary/aromatic N) is 2. The first-order valence-electron chi connectivity index (χ1n) is 15.6. The van der Waals surface area contributed by atoms with E-state index in [-0.39, 0.29) is 47.7 Å². The van der Waals surface area contributed by atoms with Gasteiger partial charge in [-0.15, -0.1) is 0 Å². The Morgan fingerprint density at radius 3 is 2.50 bits per heavy atom. The minimum absolute atomic E-state index is 0.0886. The number of halogens is 1. The molecule has 1 amide bonds. The van der Waals surface area contributed by atoms with Gasteiger partial charge in [-0.25, -0.2) is 12.8 Å². The molecular formula is C33H48FN3O6S. The predicted molar refractivity (Wildman–Crippen MR) is 168 cm³/mol. The number of benzene rings is 2. The minimum atomic E-state index is -3.84. The molecule has 1 saturated heterocycles. The predicted octanol–water partition coefficient (Wildman–Crippen LogP) is 5.02. The third-order valence-corrected chi connectivity index (χ3v) is 11.0. The summed E-state index contributed by atoms with van der Waals surface area (Å²) >= 11 is 0. The van der Waals surface area contributed by atoms with Crippen molar-refractivity contribution in [1.29, 1.82) is 0 Å². The number of hydrogen-bond acceptors (Lipinski definition) is 7. The standard InChI is InChI=1S/C33H48FN3O6S/c1-36(2)33(26-8-7-9-27(34)20-26)25-13-11-24(12-14-25)17-18-35-32(38)23-43-22-28-10-5-6-19-37(28)44(39,40)31-16-15-29(41-3)21-30(31)42-4/h7-9,15-16,20-21,24-25,28,33H,5-6,10-14,17-19,22-23H2,1-4H3,(H,35,38). The first-order chi connectivity index (χ1) is 21.1. The van der Waals surface area contributed by atoms with Gasteiger partial charge in [0.15, 0.2) is 0 Å². The van der Waals surface area contributed by atoms with Crippen molar-refractivity contribution in [2.24, 2.45) is 11.8 Å². The number of amides is 1. The van der Waals surface area contributed by atoms with Crippen LogP contribution in [0.1, 0.15) is 63.0 Å². The molecule has 2 unspecified atom stereocenters. The van der Waals surface area contributed by atoms with Crippen molar-refractivity contribution in [3.63, 3.8) is 0 Å². The summed E-state index contributed by atoms with van der Waals surface area (Å²) in [5.74, 6) is 1.36. The third kappa shape index (κ3) is 8.71. The molecule has 1 N–H and O–H groups in total. The molecule has 1 heterocycles. The normalized spacial score (nSPS) is 22.0. The maximum atomic E-state index is 13.9. The molecule has 44 heavy (non-hydrogen) atoms. The van der Waals surface area contributed by atoms with E-state index in [2.05, 4.69) is 24.3 Å². The SMILES string of the molecule is COc1ccc(S(=O)(=O)N2CCCCC2COCC(=O)NCCC2CCC(C(c3cccc(F)c3)N(C)C)CC2)c(OC)c1. The van der Waals surface area contributed by atoms with Crippen LogP contribution in [0.15, 0.2) is 47.4 Å². The average Bonchev–Trinajstić information content (AvgIpc) is 3.01. The number of nitrogens with one attached hydrogen (secondary N) is 1. The Kier molecular flexibility index (Phi) is 12.4. The summed E-state index contributed by atoms with van der Waals surface area (Å²) in [5, 5.41) is 2.97. The lowest BCUT2D eigenvalue weighted by atomic mass is 9.75. The Morgan fingerprint density at radius 2 is 1.82 bits per heavy atom. The largest absolute Gasteiger partial charge is 0.497 e. The van der Waals surface area contributed by atoms with Crippen LogP contribution in [0.5, 0.6) is 11.5 Å². The van der Waals surface area contributed by atoms with E-state index in [4.69, 9.17) is 14.2 Å². The second kappa shape index (κ2) is 16.0. The van der Waals surface area contributed by atoms with Gasteiger partial charge in [0, 0.05) is 31.2 Å². The molecule has 2 aromatic rings. The smallest absolute Gasteiger partial charge is 0.247 e. The molecule has 244 valence electrons. The van der Waals surface area contributed by atoms with Gasteiger partial charge in [-0.2, -0.15) is 4.31 Å². The van der Waals surface area contributed by atoms with E-state index in [1.54, 1.807) is 24.3 Å². The molecule has 1 aliphatic carbocycles. The number of sulfonamides is 1. The lowest BCUT2D eigenvalue weighted by molar-refractivity contribution is -0.126. The van der Waals surface area contributed by atoms with Crippen molar-refractivity contribution in [1.82, 2.24) is 14.5 Å². The lowest BCUT2D eigenvalue weighted by Gasteiger charge is -2.37. The van der Waals surface area contributed by atoms with E-state index in [0.29, 0.717) is 37.1 Å². The fourth-order valence-electron chi connectivity index (χ4n) is 6.80. The van der Waals surface area contributed by atoms with Gasteiger partial charge in [0.1, 0.15) is 28.8 Å². The van der Waals surface area contributed by atoms with Crippen molar-refractivity contribution in [3.05, 3.63) is 53.8 Å². The second-order valence-corrected chi connectivity index (χ2v) is 14.0. The molecule has 1 aliphatic heterocycles. The maximum absolute atomic E-state index is 13.9. The van der Waals surface area contributed by atoms with Crippen LogP contribution in [0.3, 0.4) is 0 Å². The highest BCUT2D eigenvalue weighted by molar-refractivity contribution is 7.89. The topological polar surface area (TPSA) is 97.4 Å². The molecule has 2 aromatic carbocycles. The molecule has 4 rings (SSSR count). The molecule has 2 atom stereocenters. The van der Waals surface area contributed by atoms with Gasteiger partial charge in [-0.1, -0.05) is 31.4 Å². The average molecular weight is 634 g/mol. The first-order valence-corrected chi connectivity index (χ1v) is 17.1. The molecule has 11 heteroatoms. The summed E-state index contributed by atoms with van der Waals surface area (Å²) in [6, 6.07) is 11.4. The number of methoxy groups -OCH3 is 2. The Balaban J connectivity index is 1.20. The van der Waals surface area contributed by atoms with Crippen molar-refractivity contribution >= 4 is 15.9 Å². The fraction of sp³-hybridized carbons (Fsp3) is 0.606. The van der Waals surface area contributed by atoms with E-state index in [9.17, 15) is 17.6 Å². The Hall–Kier alpha value is -2.73. The zero-order valence-corrected chi connectivity index (χ0v) is 27.3. The number of carbonyl (C=O) groups is 1. The summed E-state index contributed by atoms with van der Waals surface area (Å²) < 4.78 is 58.9. The molecule has 0 radical (unpaired) electrons. The highest BCUT2D eigenvalue weighted by Gasteiger charge is 2.36. The van der Waals surface area contributed by atoms with Crippen LogP contribution < -0.4 is 14.8 Å². The van der Waals surface area contributed by atoms with E-state index >= 15 is 0 Å². The van der Waals surface area contributed by atoms with Gasteiger partial charge in [0.25, 0.3) is 0 Å². The van der Waals surface area contributed by atoms with Crippen LogP contribution in [-0.2, 0) is 19.6 Å². The number of ether oxygens (including phenoxy) is 3. The quantitative estimate of drug-likeness (QED) is 0.312. The van der Waals surface area contributed by atoms with Crippen LogP contribution in [0, 0.1) is 17.7 Å². The zero-order chi connectivity index (χ0) is 31.7. The van der Waals surface area contributed by atoms with Gasteiger partial charge < -0.3 is 24.4 Å². The van der Waals surface area contributed by atoms with Gasteiger partial charge in [-0.05, 0) is 87.9 Å². The summed E-state index contributed by atoms with van der Waals surface area (Å²) in [6.45, 7) is 1.01. The van der Waals surface area contributed by atoms with Crippen molar-refractivity contribution in [2.45, 2.75) is 68.3 Å². The van der Waals surface area contributed by atoms with E-state index in [1.165, 1.54) is 30.7 Å². The van der Waals surface area contributed by atoms with Gasteiger partial charge in [0.2, 0.25) is 15.9 Å². The summed E-state index contributed by atoms with van der Waals surface area (Å²) in [5.41, 5.74) is 1.03. The molecule has 0 bridgehead atoms. The van der Waals surface area contributed by atoms with Crippen LogP contribution in [-0.4, -0.2) is 84.2 Å². The summed E-state index contributed by atoms with van der Waals surface area (Å²) in [4.78, 5) is 14.8. The molecule has 9 nitrogen and oxygen atoms in total. The Labute approximate surface area is 262 Å². The van der Waals surface area contributed by atoms with E-state index < -0.39 is 10.0 Å². The number of hydrogen-bond donors (Lipinski definition) is 1. The van der Waals surface area contributed by atoms with Crippen LogP contribution in [0.25, 0.3) is 0 Å². The van der Waals surface area contributed by atoms with E-state index in [0.717, 1.165) is 50.5 Å². The van der Waals surface area contributed by atoms with Crippen LogP contribution in [0.4, 0.5) is 4.39 Å². The van der Waals surface area contributed by atoms with E-state index in [1.807, 2.05) is 6.07 Å². The highest BCUT2D eigenvalue weighted by Crippen LogP contribution is 2.40. The Bertz CT molecular complexity index is 1330. The van der Waals surface area contributed by atoms with Crippen LogP contribution in [0.2, 0.25) is 0 Å². The Morgan fingerprint density at radius 1 is 1.05 bits per heavy atom. The van der Waals surface area contributed by atoms with Gasteiger partial charge >= 0.3 is 0 Å². The fourth-order valence-corrected chi connectivity index (χ4v) is 8.62. The molecular weight excluding hydrogens is 585 g/mol. The van der Waals surface area contributed by atoms with Gasteiger partial charge in [-0.3, -0.25) is 4.79 Å². The third-order valence-electron chi connectivity index (χ3n) is 9.03. The summed E-state index contributed by atoms with van der Waals surface area (Å²) in [6.07, 6.45) is 7.54. The molecule has 2 aliphatic rings. The highest BCUT2D eigenvalue weighted by atomic mass is 32.2. The number of rotatable bonds is 14. The minimum Gasteiger partial charge on any atom is -0.497 e. The first kappa shape index (κ1) is 34.1. The number of piperidine rings is 1.